The molecule has 0 aromatic heterocycles. The SMILES string of the molecule is Cc1ccc(CCOc2ccc(/C=C3\SC(=O)NC3=O)cc2)c(S)c1. The van der Waals surface area contributed by atoms with Crippen molar-refractivity contribution in [2.45, 2.75) is 18.2 Å². The highest BCUT2D eigenvalue weighted by atomic mass is 32.2. The Morgan fingerprint density at radius 2 is 1.92 bits per heavy atom. The van der Waals surface area contributed by atoms with E-state index < -0.39 is 0 Å². The highest BCUT2D eigenvalue weighted by molar-refractivity contribution is 8.18. The maximum absolute atomic E-state index is 11.5. The average molecular weight is 371 g/mol. The molecule has 1 aliphatic heterocycles. The normalized spacial score (nSPS) is 15.5. The first-order valence-electron chi connectivity index (χ1n) is 7.77. The van der Waals surface area contributed by atoms with E-state index >= 15 is 0 Å². The van der Waals surface area contributed by atoms with Crippen molar-refractivity contribution in [1.29, 1.82) is 0 Å². The number of rotatable bonds is 5. The van der Waals surface area contributed by atoms with Crippen molar-refractivity contribution in [2.75, 3.05) is 6.61 Å². The lowest BCUT2D eigenvalue weighted by atomic mass is 10.1. The van der Waals surface area contributed by atoms with E-state index in [2.05, 4.69) is 30.1 Å². The van der Waals surface area contributed by atoms with Gasteiger partial charge in [-0.3, -0.25) is 14.9 Å². The minimum atomic E-state index is -0.351. The Morgan fingerprint density at radius 1 is 1.16 bits per heavy atom. The molecule has 0 atom stereocenters. The largest absolute Gasteiger partial charge is 0.493 e. The Kier molecular flexibility index (Phi) is 5.50. The van der Waals surface area contributed by atoms with Gasteiger partial charge < -0.3 is 4.74 Å². The smallest absolute Gasteiger partial charge is 0.290 e. The highest BCUT2D eigenvalue weighted by Gasteiger charge is 2.24. The Morgan fingerprint density at radius 3 is 2.56 bits per heavy atom. The number of thiol groups is 1. The third kappa shape index (κ3) is 4.67. The summed E-state index contributed by atoms with van der Waals surface area (Å²) in [6.07, 6.45) is 2.47. The lowest BCUT2D eigenvalue weighted by Crippen LogP contribution is -2.17. The van der Waals surface area contributed by atoms with Crippen LogP contribution < -0.4 is 10.1 Å². The molecule has 0 aliphatic carbocycles. The second kappa shape index (κ2) is 7.80. The van der Waals surface area contributed by atoms with E-state index in [0.29, 0.717) is 11.5 Å². The number of thioether (sulfide) groups is 1. The number of benzene rings is 2. The Labute approximate surface area is 156 Å². The summed E-state index contributed by atoms with van der Waals surface area (Å²) in [7, 11) is 0. The summed E-state index contributed by atoms with van der Waals surface area (Å²) in [6, 6.07) is 13.6. The number of imide groups is 1. The van der Waals surface area contributed by atoms with E-state index in [-0.39, 0.29) is 11.1 Å². The first kappa shape index (κ1) is 17.6. The van der Waals surface area contributed by atoms with Gasteiger partial charge in [-0.15, -0.1) is 12.6 Å². The topological polar surface area (TPSA) is 55.4 Å². The molecule has 6 heteroatoms. The molecule has 2 aromatic rings. The molecule has 1 fully saturated rings. The fourth-order valence-electron chi connectivity index (χ4n) is 2.40. The predicted molar refractivity (Wildman–Crippen MR) is 103 cm³/mol. The van der Waals surface area contributed by atoms with Gasteiger partial charge in [0.25, 0.3) is 11.1 Å². The third-order valence-electron chi connectivity index (χ3n) is 3.70. The van der Waals surface area contributed by atoms with Gasteiger partial charge in [0.15, 0.2) is 0 Å². The van der Waals surface area contributed by atoms with Crippen LogP contribution in [-0.4, -0.2) is 17.8 Å². The summed E-state index contributed by atoms with van der Waals surface area (Å²) in [5.74, 6) is 0.408. The Bertz CT molecular complexity index is 844. The molecule has 25 heavy (non-hydrogen) atoms. The van der Waals surface area contributed by atoms with Crippen molar-refractivity contribution >= 4 is 41.6 Å². The molecular formula is C19H17NO3S2. The molecule has 128 valence electrons. The van der Waals surface area contributed by atoms with Gasteiger partial charge in [0, 0.05) is 11.3 Å². The first-order valence-corrected chi connectivity index (χ1v) is 9.04. The summed E-state index contributed by atoms with van der Waals surface area (Å²) in [5, 5.41) is 1.90. The van der Waals surface area contributed by atoms with Crippen molar-refractivity contribution < 1.29 is 14.3 Å². The van der Waals surface area contributed by atoms with Gasteiger partial charge in [-0.2, -0.15) is 0 Å². The number of carbonyl (C=O) groups is 2. The summed E-state index contributed by atoms with van der Waals surface area (Å²) in [5.41, 5.74) is 3.19. The van der Waals surface area contributed by atoms with Crippen LogP contribution in [0.1, 0.15) is 16.7 Å². The lowest BCUT2D eigenvalue weighted by molar-refractivity contribution is -0.115. The van der Waals surface area contributed by atoms with Crippen molar-refractivity contribution in [2.24, 2.45) is 0 Å². The highest BCUT2D eigenvalue weighted by Crippen LogP contribution is 2.26. The maximum Gasteiger partial charge on any atom is 0.290 e. The van der Waals surface area contributed by atoms with E-state index in [4.69, 9.17) is 4.74 Å². The van der Waals surface area contributed by atoms with Crippen LogP contribution in [-0.2, 0) is 11.2 Å². The van der Waals surface area contributed by atoms with E-state index in [0.717, 1.165) is 40.0 Å². The zero-order valence-electron chi connectivity index (χ0n) is 13.6. The molecule has 1 saturated heterocycles. The zero-order valence-corrected chi connectivity index (χ0v) is 15.3. The maximum atomic E-state index is 11.5. The fourth-order valence-corrected chi connectivity index (χ4v) is 3.47. The minimum Gasteiger partial charge on any atom is -0.493 e. The Hall–Kier alpha value is -2.18. The van der Waals surface area contributed by atoms with Crippen LogP contribution >= 0.6 is 24.4 Å². The van der Waals surface area contributed by atoms with Gasteiger partial charge in [0.05, 0.1) is 11.5 Å². The molecule has 1 heterocycles. The lowest BCUT2D eigenvalue weighted by Gasteiger charge is -2.09. The second-order valence-corrected chi connectivity index (χ2v) is 7.15. The number of hydrogen-bond donors (Lipinski definition) is 2. The van der Waals surface area contributed by atoms with Crippen molar-refractivity contribution in [3.8, 4) is 5.75 Å². The number of hydrogen-bond acceptors (Lipinski definition) is 5. The molecule has 0 bridgehead atoms. The molecule has 4 nitrogen and oxygen atoms in total. The van der Waals surface area contributed by atoms with Crippen molar-refractivity contribution in [1.82, 2.24) is 5.32 Å². The third-order valence-corrected chi connectivity index (χ3v) is 4.93. The number of ether oxygens (including phenoxy) is 1. The molecule has 0 unspecified atom stereocenters. The monoisotopic (exact) mass is 371 g/mol. The summed E-state index contributed by atoms with van der Waals surface area (Å²) >= 11 is 5.40. The molecule has 0 spiro atoms. The van der Waals surface area contributed by atoms with E-state index in [1.54, 1.807) is 6.08 Å². The molecule has 2 amide bonds. The Balaban J connectivity index is 1.57. The van der Waals surface area contributed by atoms with Crippen molar-refractivity contribution in [3.05, 3.63) is 64.1 Å². The number of aryl methyl sites for hydroxylation is 1. The van der Waals surface area contributed by atoms with Gasteiger partial charge >= 0.3 is 0 Å². The van der Waals surface area contributed by atoms with Crippen LogP contribution in [0, 0.1) is 6.92 Å². The molecule has 1 N–H and O–H groups in total. The number of carbonyl (C=O) groups excluding carboxylic acids is 2. The van der Waals surface area contributed by atoms with Gasteiger partial charge in [-0.25, -0.2) is 0 Å². The standard InChI is InChI=1S/C19H17NO3S2/c1-12-2-5-14(16(24)10-12)8-9-23-15-6-3-13(4-7-15)11-17-18(21)20-19(22)25-17/h2-7,10-11,24H,8-9H2,1H3,(H,20,21,22)/b17-11-. The van der Waals surface area contributed by atoms with Crippen LogP contribution in [0.15, 0.2) is 52.3 Å². The molecule has 0 radical (unpaired) electrons. The summed E-state index contributed by atoms with van der Waals surface area (Å²) < 4.78 is 5.77. The van der Waals surface area contributed by atoms with Crippen LogP contribution in [0.4, 0.5) is 4.79 Å². The first-order chi connectivity index (χ1) is 12.0. The second-order valence-electron chi connectivity index (χ2n) is 5.65. The van der Waals surface area contributed by atoms with E-state index in [1.807, 2.05) is 37.3 Å². The van der Waals surface area contributed by atoms with Gasteiger partial charge in [-0.05, 0) is 54.1 Å². The van der Waals surface area contributed by atoms with Gasteiger partial charge in [0.1, 0.15) is 5.75 Å². The van der Waals surface area contributed by atoms with Crippen LogP contribution in [0.2, 0.25) is 0 Å². The van der Waals surface area contributed by atoms with E-state index in [1.165, 1.54) is 5.56 Å². The quantitative estimate of drug-likeness (QED) is 0.610. The molecular weight excluding hydrogens is 354 g/mol. The van der Waals surface area contributed by atoms with Crippen LogP contribution in [0.25, 0.3) is 6.08 Å². The minimum absolute atomic E-state index is 0.337. The fraction of sp³-hybridized carbons (Fsp3) is 0.158. The molecule has 0 saturated carbocycles. The zero-order chi connectivity index (χ0) is 17.8. The number of nitrogens with one attached hydrogen (secondary N) is 1. The van der Waals surface area contributed by atoms with E-state index in [9.17, 15) is 9.59 Å². The van der Waals surface area contributed by atoms with Crippen molar-refractivity contribution in [3.63, 3.8) is 0 Å². The van der Waals surface area contributed by atoms with Crippen LogP contribution in [0.3, 0.4) is 0 Å². The van der Waals surface area contributed by atoms with Gasteiger partial charge in [0.2, 0.25) is 0 Å². The molecule has 1 aliphatic rings. The summed E-state index contributed by atoms with van der Waals surface area (Å²) in [4.78, 5) is 24.1. The predicted octanol–water partition coefficient (Wildman–Crippen LogP) is 4.23. The number of amides is 2. The molecule has 3 rings (SSSR count). The average Bonchev–Trinajstić information content (AvgIpc) is 2.88. The molecule has 2 aromatic carbocycles. The van der Waals surface area contributed by atoms with Gasteiger partial charge in [-0.1, -0.05) is 29.8 Å². The summed E-state index contributed by atoms with van der Waals surface area (Å²) in [6.45, 7) is 2.60. The van der Waals surface area contributed by atoms with Crippen LogP contribution in [0.5, 0.6) is 5.75 Å².